The molecule has 148 valence electrons. The molecule has 0 unspecified atom stereocenters. The topological polar surface area (TPSA) is 64.7 Å². The second-order valence-corrected chi connectivity index (χ2v) is 7.16. The van der Waals surface area contributed by atoms with Gasteiger partial charge in [0.1, 0.15) is 0 Å². The maximum atomic E-state index is 12.6. The van der Waals surface area contributed by atoms with Gasteiger partial charge in [-0.2, -0.15) is 0 Å². The number of benzene rings is 2. The van der Waals surface area contributed by atoms with Gasteiger partial charge >= 0.3 is 0 Å². The summed E-state index contributed by atoms with van der Waals surface area (Å²) in [5.41, 5.74) is 2.22. The minimum absolute atomic E-state index is 0.0888. The van der Waals surface area contributed by atoms with E-state index < -0.39 is 0 Å². The highest BCUT2D eigenvalue weighted by atomic mass is 16.2. The third-order valence-electron chi connectivity index (χ3n) is 4.95. The second kappa shape index (κ2) is 10.0. The highest BCUT2D eigenvalue weighted by Crippen LogP contribution is 2.15. The first-order chi connectivity index (χ1) is 13.6. The average molecular weight is 380 g/mol. The van der Waals surface area contributed by atoms with Gasteiger partial charge in [0.15, 0.2) is 0 Å². The van der Waals surface area contributed by atoms with Crippen LogP contribution in [0, 0.1) is 0 Å². The van der Waals surface area contributed by atoms with Crippen molar-refractivity contribution in [1.29, 1.82) is 0 Å². The van der Waals surface area contributed by atoms with Crippen LogP contribution in [0.2, 0.25) is 0 Å². The van der Waals surface area contributed by atoms with Crippen LogP contribution in [0.3, 0.4) is 0 Å². The summed E-state index contributed by atoms with van der Waals surface area (Å²) < 4.78 is 0. The minimum atomic E-state index is -0.175. The SMILES string of the molecule is CN1CCN(CC(=O)Nc2ccccc2C(=O)NCCc2ccccc2)CC1. The van der Waals surface area contributed by atoms with Gasteiger partial charge in [0, 0.05) is 32.7 Å². The number of nitrogens with zero attached hydrogens (tertiary/aromatic N) is 2. The van der Waals surface area contributed by atoms with Crippen LogP contribution in [0.4, 0.5) is 5.69 Å². The fraction of sp³-hybridized carbons (Fsp3) is 0.364. The molecule has 6 nitrogen and oxygen atoms in total. The van der Waals surface area contributed by atoms with Crippen molar-refractivity contribution in [2.24, 2.45) is 0 Å². The Kier molecular flexibility index (Phi) is 7.17. The second-order valence-electron chi connectivity index (χ2n) is 7.16. The molecule has 2 aromatic rings. The molecular formula is C22H28N4O2. The van der Waals surface area contributed by atoms with E-state index >= 15 is 0 Å². The third-order valence-corrected chi connectivity index (χ3v) is 4.95. The first kappa shape index (κ1) is 20.0. The van der Waals surface area contributed by atoms with Crippen LogP contribution in [-0.4, -0.2) is 67.9 Å². The van der Waals surface area contributed by atoms with Crippen molar-refractivity contribution in [3.63, 3.8) is 0 Å². The number of hydrogen-bond donors (Lipinski definition) is 2. The Balaban J connectivity index is 1.53. The van der Waals surface area contributed by atoms with E-state index in [1.54, 1.807) is 12.1 Å². The van der Waals surface area contributed by atoms with Gasteiger partial charge in [0.05, 0.1) is 17.8 Å². The van der Waals surface area contributed by atoms with Crippen LogP contribution >= 0.6 is 0 Å². The van der Waals surface area contributed by atoms with E-state index in [1.165, 1.54) is 5.56 Å². The van der Waals surface area contributed by atoms with Gasteiger partial charge in [-0.3, -0.25) is 14.5 Å². The van der Waals surface area contributed by atoms with Crippen LogP contribution in [-0.2, 0) is 11.2 Å². The first-order valence-electron chi connectivity index (χ1n) is 9.74. The van der Waals surface area contributed by atoms with Gasteiger partial charge in [-0.05, 0) is 31.2 Å². The molecule has 6 heteroatoms. The highest BCUT2D eigenvalue weighted by Gasteiger charge is 2.18. The quantitative estimate of drug-likeness (QED) is 0.769. The zero-order valence-corrected chi connectivity index (χ0v) is 16.4. The predicted octanol–water partition coefficient (Wildman–Crippen LogP) is 1.84. The predicted molar refractivity (Wildman–Crippen MR) is 111 cm³/mol. The van der Waals surface area contributed by atoms with Crippen LogP contribution in [0.1, 0.15) is 15.9 Å². The number of carbonyl (C=O) groups excluding carboxylic acids is 2. The molecule has 1 saturated heterocycles. The summed E-state index contributed by atoms with van der Waals surface area (Å²) in [5, 5.41) is 5.84. The van der Waals surface area contributed by atoms with Crippen LogP contribution in [0.15, 0.2) is 54.6 Å². The van der Waals surface area contributed by atoms with Gasteiger partial charge < -0.3 is 15.5 Å². The van der Waals surface area contributed by atoms with Crippen molar-refractivity contribution in [2.45, 2.75) is 6.42 Å². The lowest BCUT2D eigenvalue weighted by molar-refractivity contribution is -0.117. The normalized spacial score (nSPS) is 15.2. The average Bonchev–Trinajstić information content (AvgIpc) is 2.71. The highest BCUT2D eigenvalue weighted by molar-refractivity contribution is 6.04. The van der Waals surface area contributed by atoms with Crippen LogP contribution in [0.25, 0.3) is 0 Å². The molecule has 2 N–H and O–H groups in total. The number of anilines is 1. The summed E-state index contributed by atoms with van der Waals surface area (Å²) in [6.07, 6.45) is 0.768. The summed E-state index contributed by atoms with van der Waals surface area (Å²) in [5.74, 6) is -0.263. The summed E-state index contributed by atoms with van der Waals surface area (Å²) in [6.45, 7) is 4.59. The Labute approximate surface area is 166 Å². The van der Waals surface area contributed by atoms with E-state index in [9.17, 15) is 9.59 Å². The molecule has 0 aromatic heterocycles. The molecule has 0 aliphatic carbocycles. The largest absolute Gasteiger partial charge is 0.352 e. The Bertz CT molecular complexity index is 786. The van der Waals surface area contributed by atoms with Gasteiger partial charge in [0.25, 0.3) is 5.91 Å². The van der Waals surface area contributed by atoms with E-state index in [0.717, 1.165) is 32.6 Å². The molecule has 0 saturated carbocycles. The number of carbonyl (C=O) groups is 2. The van der Waals surface area contributed by atoms with Crippen molar-refractivity contribution in [3.8, 4) is 0 Å². The summed E-state index contributed by atoms with van der Waals surface area (Å²) >= 11 is 0. The van der Waals surface area contributed by atoms with Gasteiger partial charge in [-0.25, -0.2) is 0 Å². The van der Waals surface area contributed by atoms with E-state index in [1.807, 2.05) is 42.5 Å². The van der Waals surface area contributed by atoms with E-state index in [2.05, 4.69) is 27.5 Å². The van der Waals surface area contributed by atoms with E-state index in [0.29, 0.717) is 24.3 Å². The number of nitrogens with one attached hydrogen (secondary N) is 2. The fourth-order valence-electron chi connectivity index (χ4n) is 3.25. The molecule has 2 amide bonds. The Morgan fingerprint density at radius 2 is 1.61 bits per heavy atom. The van der Waals surface area contributed by atoms with E-state index in [-0.39, 0.29) is 11.8 Å². The number of piperazine rings is 1. The molecule has 1 aliphatic rings. The molecule has 0 bridgehead atoms. The number of para-hydroxylation sites is 1. The number of rotatable bonds is 7. The Morgan fingerprint density at radius 1 is 0.929 bits per heavy atom. The minimum Gasteiger partial charge on any atom is -0.352 e. The maximum Gasteiger partial charge on any atom is 0.253 e. The molecule has 1 aliphatic heterocycles. The Morgan fingerprint density at radius 3 is 2.36 bits per heavy atom. The Hall–Kier alpha value is -2.70. The van der Waals surface area contributed by atoms with Crippen molar-refractivity contribution in [2.75, 3.05) is 51.6 Å². The molecular weight excluding hydrogens is 352 g/mol. The third kappa shape index (κ3) is 5.90. The van der Waals surface area contributed by atoms with Gasteiger partial charge in [0.2, 0.25) is 5.91 Å². The zero-order chi connectivity index (χ0) is 19.8. The molecule has 0 radical (unpaired) electrons. The molecule has 0 atom stereocenters. The molecule has 3 rings (SSSR count). The van der Waals surface area contributed by atoms with Gasteiger partial charge in [-0.1, -0.05) is 42.5 Å². The standard InChI is InChI=1S/C22H28N4O2/c1-25-13-15-26(16-14-25)17-21(27)24-20-10-6-5-9-19(20)22(28)23-12-11-18-7-3-2-4-8-18/h2-10H,11-17H2,1H3,(H,23,28)(H,24,27). The fourth-order valence-corrected chi connectivity index (χ4v) is 3.25. The molecule has 1 heterocycles. The van der Waals surface area contributed by atoms with Crippen molar-refractivity contribution in [3.05, 3.63) is 65.7 Å². The maximum absolute atomic E-state index is 12.6. The number of hydrogen-bond acceptors (Lipinski definition) is 4. The van der Waals surface area contributed by atoms with Crippen LogP contribution in [0.5, 0.6) is 0 Å². The lowest BCUT2D eigenvalue weighted by Gasteiger charge is -2.31. The van der Waals surface area contributed by atoms with Crippen molar-refractivity contribution < 1.29 is 9.59 Å². The molecule has 28 heavy (non-hydrogen) atoms. The molecule has 1 fully saturated rings. The lowest BCUT2D eigenvalue weighted by Crippen LogP contribution is -2.47. The van der Waals surface area contributed by atoms with Crippen molar-refractivity contribution >= 4 is 17.5 Å². The smallest absolute Gasteiger partial charge is 0.253 e. The lowest BCUT2D eigenvalue weighted by atomic mass is 10.1. The zero-order valence-electron chi connectivity index (χ0n) is 16.4. The van der Waals surface area contributed by atoms with Gasteiger partial charge in [-0.15, -0.1) is 0 Å². The molecule has 2 aromatic carbocycles. The monoisotopic (exact) mass is 380 g/mol. The number of amides is 2. The summed E-state index contributed by atoms with van der Waals surface area (Å²) in [4.78, 5) is 29.4. The summed E-state index contributed by atoms with van der Waals surface area (Å²) in [7, 11) is 2.09. The summed E-state index contributed by atoms with van der Waals surface area (Å²) in [6, 6.07) is 17.2. The van der Waals surface area contributed by atoms with Crippen LogP contribution < -0.4 is 10.6 Å². The number of likely N-dealkylation sites (N-methyl/N-ethyl adjacent to an activating group) is 1. The van der Waals surface area contributed by atoms with Crippen molar-refractivity contribution in [1.82, 2.24) is 15.1 Å². The molecule has 0 spiro atoms. The first-order valence-corrected chi connectivity index (χ1v) is 9.74. The van der Waals surface area contributed by atoms with E-state index in [4.69, 9.17) is 0 Å².